The Kier molecular flexibility index (Phi) is 7.30. The molecular formula is C21H26ClN3O4S2. The molecule has 2 aliphatic heterocycles. The zero-order chi connectivity index (χ0) is 21.8. The van der Waals surface area contributed by atoms with E-state index in [0.29, 0.717) is 19.8 Å². The second kappa shape index (κ2) is 9.97. The van der Waals surface area contributed by atoms with Crippen molar-refractivity contribution in [3.8, 4) is 0 Å². The first-order valence-corrected chi connectivity index (χ1v) is 13.1. The summed E-state index contributed by atoms with van der Waals surface area (Å²) in [6.45, 7) is 3.73. The third kappa shape index (κ3) is 5.13. The topological polar surface area (TPSA) is 79.0 Å². The summed E-state index contributed by atoms with van der Waals surface area (Å²) in [5, 5.41) is 5.15. The SMILES string of the molecule is O=C(NCC(c1cccs1)N1CCCC1)c1ccc(Cl)c(S(=O)(=O)N2CCOCC2)c1. The lowest BCUT2D eigenvalue weighted by Crippen LogP contribution is -2.40. The number of halogens is 1. The molecule has 0 aliphatic carbocycles. The van der Waals surface area contributed by atoms with Gasteiger partial charge >= 0.3 is 0 Å². The number of rotatable bonds is 7. The maximum Gasteiger partial charge on any atom is 0.251 e. The van der Waals surface area contributed by atoms with Gasteiger partial charge in [0.25, 0.3) is 5.91 Å². The second-order valence-corrected chi connectivity index (χ2v) is 10.9. The maximum atomic E-state index is 13.0. The first kappa shape index (κ1) is 22.7. The molecule has 2 aliphatic rings. The maximum absolute atomic E-state index is 13.0. The van der Waals surface area contributed by atoms with Crippen molar-refractivity contribution in [1.82, 2.24) is 14.5 Å². The molecule has 4 rings (SSSR count). The lowest BCUT2D eigenvalue weighted by molar-refractivity contribution is 0.0730. The van der Waals surface area contributed by atoms with Crippen LogP contribution in [0.4, 0.5) is 0 Å². The van der Waals surface area contributed by atoms with E-state index in [-0.39, 0.29) is 40.5 Å². The Morgan fingerprint density at radius 1 is 1.16 bits per heavy atom. The fourth-order valence-corrected chi connectivity index (χ4v) is 6.77. The van der Waals surface area contributed by atoms with Gasteiger partial charge in [0.05, 0.1) is 24.3 Å². The van der Waals surface area contributed by atoms with Crippen LogP contribution in [0.3, 0.4) is 0 Å². The Hall–Kier alpha value is -1.49. The summed E-state index contributed by atoms with van der Waals surface area (Å²) in [5.74, 6) is -0.309. The zero-order valence-corrected chi connectivity index (χ0v) is 19.5. The summed E-state index contributed by atoms with van der Waals surface area (Å²) in [7, 11) is -3.79. The number of amides is 1. The van der Waals surface area contributed by atoms with Gasteiger partial charge in [0.1, 0.15) is 4.90 Å². The minimum atomic E-state index is -3.79. The van der Waals surface area contributed by atoms with E-state index in [1.54, 1.807) is 17.4 Å². The molecule has 0 bridgehead atoms. The van der Waals surface area contributed by atoms with Crippen LogP contribution in [-0.4, -0.2) is 69.5 Å². The molecule has 2 saturated heterocycles. The predicted molar refractivity (Wildman–Crippen MR) is 121 cm³/mol. The normalized spacial score (nSPS) is 19.4. The van der Waals surface area contributed by atoms with E-state index >= 15 is 0 Å². The van der Waals surface area contributed by atoms with E-state index in [1.807, 2.05) is 11.4 Å². The zero-order valence-electron chi connectivity index (χ0n) is 17.1. The highest BCUT2D eigenvalue weighted by Gasteiger charge is 2.29. The Morgan fingerprint density at radius 2 is 1.90 bits per heavy atom. The van der Waals surface area contributed by atoms with Crippen LogP contribution >= 0.6 is 22.9 Å². The molecule has 1 atom stereocenters. The van der Waals surface area contributed by atoms with Crippen LogP contribution in [0.25, 0.3) is 0 Å². The molecule has 7 nitrogen and oxygen atoms in total. The molecule has 10 heteroatoms. The van der Waals surface area contributed by atoms with E-state index in [4.69, 9.17) is 16.3 Å². The van der Waals surface area contributed by atoms with Crippen molar-refractivity contribution in [1.29, 1.82) is 0 Å². The first-order valence-electron chi connectivity index (χ1n) is 10.4. The molecule has 2 fully saturated rings. The highest BCUT2D eigenvalue weighted by molar-refractivity contribution is 7.89. The van der Waals surface area contributed by atoms with Crippen LogP contribution in [0.5, 0.6) is 0 Å². The molecule has 2 aromatic rings. The first-order chi connectivity index (χ1) is 15.0. The number of benzene rings is 1. The number of nitrogens with one attached hydrogen (secondary N) is 1. The number of sulfonamides is 1. The Labute approximate surface area is 192 Å². The number of thiophene rings is 1. The van der Waals surface area contributed by atoms with Crippen molar-refractivity contribution in [2.75, 3.05) is 45.9 Å². The smallest absolute Gasteiger partial charge is 0.251 e. The Morgan fingerprint density at radius 3 is 2.58 bits per heavy atom. The van der Waals surface area contributed by atoms with Gasteiger partial charge in [-0.15, -0.1) is 11.3 Å². The monoisotopic (exact) mass is 483 g/mol. The van der Waals surface area contributed by atoms with E-state index in [2.05, 4.69) is 16.3 Å². The van der Waals surface area contributed by atoms with Crippen LogP contribution in [-0.2, 0) is 14.8 Å². The molecule has 31 heavy (non-hydrogen) atoms. The van der Waals surface area contributed by atoms with Gasteiger partial charge in [0.15, 0.2) is 0 Å². The molecule has 1 aromatic heterocycles. The largest absolute Gasteiger partial charge is 0.379 e. The second-order valence-electron chi connectivity index (χ2n) is 7.65. The summed E-state index contributed by atoms with van der Waals surface area (Å²) >= 11 is 7.90. The Balaban J connectivity index is 1.50. The van der Waals surface area contributed by atoms with Gasteiger partial charge in [-0.3, -0.25) is 9.69 Å². The number of morpholine rings is 1. The van der Waals surface area contributed by atoms with Gasteiger partial charge in [-0.1, -0.05) is 17.7 Å². The predicted octanol–water partition coefficient (Wildman–Crippen LogP) is 2.99. The number of nitrogens with zero attached hydrogens (tertiary/aromatic N) is 2. The van der Waals surface area contributed by atoms with Gasteiger partial charge in [-0.25, -0.2) is 8.42 Å². The van der Waals surface area contributed by atoms with Gasteiger partial charge in [-0.2, -0.15) is 4.31 Å². The van der Waals surface area contributed by atoms with Crippen molar-refractivity contribution in [2.45, 2.75) is 23.8 Å². The van der Waals surface area contributed by atoms with E-state index in [0.717, 1.165) is 25.9 Å². The molecule has 0 radical (unpaired) electrons. The lowest BCUT2D eigenvalue weighted by atomic mass is 10.2. The third-order valence-corrected chi connectivity index (χ3v) is 9.04. The molecular weight excluding hydrogens is 458 g/mol. The molecule has 168 valence electrons. The molecule has 0 saturated carbocycles. The molecule has 1 N–H and O–H groups in total. The highest BCUT2D eigenvalue weighted by atomic mass is 35.5. The van der Waals surface area contributed by atoms with Crippen molar-refractivity contribution < 1.29 is 17.9 Å². The number of likely N-dealkylation sites (tertiary alicyclic amines) is 1. The molecule has 1 unspecified atom stereocenters. The number of hydrogen-bond acceptors (Lipinski definition) is 6. The Bertz CT molecular complexity index is 1000. The van der Waals surface area contributed by atoms with E-state index in [9.17, 15) is 13.2 Å². The van der Waals surface area contributed by atoms with Crippen molar-refractivity contribution in [3.63, 3.8) is 0 Å². The van der Waals surface area contributed by atoms with Gasteiger partial charge in [0.2, 0.25) is 10.0 Å². The molecule has 3 heterocycles. The van der Waals surface area contributed by atoms with Crippen molar-refractivity contribution in [3.05, 3.63) is 51.2 Å². The summed E-state index contributed by atoms with van der Waals surface area (Å²) in [6, 6.07) is 8.64. The fourth-order valence-electron chi connectivity index (χ4n) is 4.00. The van der Waals surface area contributed by atoms with Gasteiger partial charge in [-0.05, 0) is 55.6 Å². The van der Waals surface area contributed by atoms with Crippen LogP contribution in [0.2, 0.25) is 5.02 Å². The summed E-state index contributed by atoms with van der Waals surface area (Å²) in [5.41, 5.74) is 0.280. The summed E-state index contributed by atoms with van der Waals surface area (Å²) < 4.78 is 32.6. The molecule has 1 amide bonds. The van der Waals surface area contributed by atoms with Crippen LogP contribution < -0.4 is 5.32 Å². The fraction of sp³-hybridized carbons (Fsp3) is 0.476. The van der Waals surface area contributed by atoms with Crippen LogP contribution in [0.1, 0.15) is 34.1 Å². The van der Waals surface area contributed by atoms with Crippen LogP contribution in [0.15, 0.2) is 40.6 Å². The number of hydrogen-bond donors (Lipinski definition) is 1. The minimum Gasteiger partial charge on any atom is -0.379 e. The van der Waals surface area contributed by atoms with Crippen LogP contribution in [0, 0.1) is 0 Å². The molecule has 0 spiro atoms. The quantitative estimate of drug-likeness (QED) is 0.655. The van der Waals surface area contributed by atoms with Crippen molar-refractivity contribution in [2.24, 2.45) is 0 Å². The molecule has 1 aromatic carbocycles. The van der Waals surface area contributed by atoms with Crippen molar-refractivity contribution >= 4 is 38.9 Å². The van der Waals surface area contributed by atoms with E-state index in [1.165, 1.54) is 21.3 Å². The standard InChI is InChI=1S/C21H26ClN3O4S2/c22-17-6-5-16(14-20(17)31(27,28)25-9-11-29-12-10-25)21(26)23-15-18(19-4-3-13-30-19)24-7-1-2-8-24/h3-6,13-14,18H,1-2,7-12,15H2,(H,23,26). The minimum absolute atomic E-state index is 0.0435. The number of carbonyl (C=O) groups is 1. The number of carbonyl (C=O) groups excluding carboxylic acids is 1. The van der Waals surface area contributed by atoms with Gasteiger partial charge < -0.3 is 10.1 Å². The number of ether oxygens (including phenoxy) is 1. The summed E-state index contributed by atoms with van der Waals surface area (Å²) in [4.78, 5) is 16.5. The lowest BCUT2D eigenvalue weighted by Gasteiger charge is -2.27. The highest BCUT2D eigenvalue weighted by Crippen LogP contribution is 2.29. The summed E-state index contributed by atoms with van der Waals surface area (Å²) in [6.07, 6.45) is 2.32. The van der Waals surface area contributed by atoms with Gasteiger partial charge in [0, 0.05) is 30.1 Å². The average Bonchev–Trinajstić information content (AvgIpc) is 3.50. The third-order valence-electron chi connectivity index (χ3n) is 5.69. The average molecular weight is 484 g/mol. The van der Waals surface area contributed by atoms with E-state index < -0.39 is 10.0 Å².